The van der Waals surface area contributed by atoms with E-state index in [1.807, 2.05) is 72.8 Å². The molecule has 0 spiro atoms. The molecule has 1 saturated heterocycles. The second-order valence-corrected chi connectivity index (χ2v) is 10.2. The Hall–Kier alpha value is -5.11. The van der Waals surface area contributed by atoms with Gasteiger partial charge in [-0.3, -0.25) is 24.7 Å². The molecule has 0 unspecified atom stereocenters. The van der Waals surface area contributed by atoms with Crippen LogP contribution in [0.25, 0.3) is 0 Å². The molecule has 196 valence electrons. The fourth-order valence-electron chi connectivity index (χ4n) is 7.00. The highest BCUT2D eigenvalue weighted by Gasteiger charge is 2.68. The van der Waals surface area contributed by atoms with Gasteiger partial charge < -0.3 is 4.74 Å². The zero-order chi connectivity index (χ0) is 27.6. The summed E-state index contributed by atoms with van der Waals surface area (Å²) in [6.07, 6.45) is 1.78. The fraction of sp³-hybridized carbons (Fsp3) is 0.156. The summed E-state index contributed by atoms with van der Waals surface area (Å²) >= 11 is 0. The Balaban J connectivity index is 1.51. The molecule has 1 aliphatic heterocycles. The summed E-state index contributed by atoms with van der Waals surface area (Å²) in [5.74, 6) is -2.29. The van der Waals surface area contributed by atoms with Crippen molar-refractivity contribution in [3.8, 4) is 5.75 Å². The first-order valence-corrected chi connectivity index (χ1v) is 13.0. The van der Waals surface area contributed by atoms with E-state index in [2.05, 4.69) is 0 Å². The minimum atomic E-state index is -1.08. The molecule has 1 heterocycles. The van der Waals surface area contributed by atoms with E-state index >= 15 is 0 Å². The van der Waals surface area contributed by atoms with Crippen LogP contribution in [-0.2, 0) is 15.0 Å². The van der Waals surface area contributed by atoms with Crippen LogP contribution in [0.1, 0.15) is 28.2 Å². The molecule has 4 aromatic carbocycles. The Morgan fingerprint density at radius 2 is 1.45 bits per heavy atom. The monoisotopic (exact) mass is 529 g/mol. The molecule has 2 atom stereocenters. The molecule has 2 amide bonds. The van der Waals surface area contributed by atoms with E-state index in [9.17, 15) is 19.7 Å². The van der Waals surface area contributed by atoms with Gasteiger partial charge >= 0.3 is 0 Å². The Bertz CT molecular complexity index is 1720. The van der Waals surface area contributed by atoms with Crippen molar-refractivity contribution in [3.05, 3.63) is 129 Å². The average Bonchev–Trinajstić information content (AvgIpc) is 3.26. The van der Waals surface area contributed by atoms with Gasteiger partial charge in [-0.15, -0.1) is 0 Å². The van der Waals surface area contributed by atoms with Crippen LogP contribution in [0.15, 0.2) is 102 Å². The van der Waals surface area contributed by atoms with Crippen LogP contribution < -0.4 is 9.64 Å². The zero-order valence-electron chi connectivity index (χ0n) is 21.4. The lowest BCUT2D eigenvalue weighted by Crippen LogP contribution is -2.54. The number of hydrogen-bond acceptors (Lipinski definition) is 6. The number of nitrogens with zero attached hydrogens (tertiary/aromatic N) is 3. The van der Waals surface area contributed by atoms with E-state index in [4.69, 9.17) is 9.73 Å². The van der Waals surface area contributed by atoms with Crippen molar-refractivity contribution < 1.29 is 19.2 Å². The molecule has 0 saturated carbocycles. The maximum atomic E-state index is 14.5. The maximum Gasteiger partial charge on any atom is 0.293 e. The van der Waals surface area contributed by atoms with Crippen molar-refractivity contribution in [1.82, 2.24) is 0 Å². The number of nitro groups is 1. The molecule has 4 aliphatic rings. The van der Waals surface area contributed by atoms with Crippen LogP contribution in [0, 0.1) is 22.0 Å². The van der Waals surface area contributed by atoms with Gasteiger partial charge in [0.15, 0.2) is 0 Å². The normalized spacial score (nSPS) is 24.1. The standard InChI is InChI=1S/C32H23N3O5/c1-40-26-17-9-6-14-23(26)33-18-32-21-12-4-2-10-19(21)27(20-11-3-5-13-22(20)32)28-29(32)31(37)34(30(28)36)24-15-7-8-16-25(24)35(38)39/h2-18,27-29H,1H3/t27?,28-,29+,32?/m0/s1. The number of rotatable bonds is 5. The van der Waals surface area contributed by atoms with Gasteiger partial charge in [-0.1, -0.05) is 72.8 Å². The average molecular weight is 530 g/mol. The highest BCUT2D eigenvalue weighted by molar-refractivity contribution is 6.25. The lowest BCUT2D eigenvalue weighted by molar-refractivity contribution is -0.384. The van der Waals surface area contributed by atoms with Gasteiger partial charge in [-0.25, -0.2) is 4.90 Å². The second-order valence-electron chi connectivity index (χ2n) is 10.2. The minimum absolute atomic E-state index is 0.0128. The lowest BCUT2D eigenvalue weighted by Gasteiger charge is -2.52. The zero-order valence-corrected chi connectivity index (χ0v) is 21.4. The van der Waals surface area contributed by atoms with E-state index in [1.165, 1.54) is 18.2 Å². The predicted octanol–water partition coefficient (Wildman–Crippen LogP) is 5.56. The molecule has 40 heavy (non-hydrogen) atoms. The summed E-state index contributed by atoms with van der Waals surface area (Å²) in [4.78, 5) is 46.0. The summed E-state index contributed by atoms with van der Waals surface area (Å²) in [5.41, 5.74) is 2.93. The molecule has 3 aliphatic carbocycles. The fourth-order valence-corrected chi connectivity index (χ4v) is 7.00. The van der Waals surface area contributed by atoms with Crippen LogP contribution in [0.3, 0.4) is 0 Å². The first-order chi connectivity index (χ1) is 19.5. The molecular formula is C32H23N3O5. The topological polar surface area (TPSA) is 102 Å². The molecule has 8 heteroatoms. The van der Waals surface area contributed by atoms with Crippen LogP contribution in [0.2, 0.25) is 0 Å². The van der Waals surface area contributed by atoms with E-state index < -0.39 is 34.0 Å². The molecule has 8 nitrogen and oxygen atoms in total. The van der Waals surface area contributed by atoms with E-state index in [1.54, 1.807) is 19.4 Å². The summed E-state index contributed by atoms with van der Waals surface area (Å²) < 4.78 is 5.53. The minimum Gasteiger partial charge on any atom is -0.494 e. The lowest BCUT2D eigenvalue weighted by atomic mass is 9.47. The number of imide groups is 1. The van der Waals surface area contributed by atoms with Crippen molar-refractivity contribution >= 4 is 35.1 Å². The number of hydrogen-bond donors (Lipinski definition) is 0. The van der Waals surface area contributed by atoms with Gasteiger partial charge in [0.05, 0.1) is 29.3 Å². The van der Waals surface area contributed by atoms with Crippen LogP contribution in [0.5, 0.6) is 5.75 Å². The second kappa shape index (κ2) is 8.71. The highest BCUT2D eigenvalue weighted by Crippen LogP contribution is 2.64. The molecule has 1 fully saturated rings. The van der Waals surface area contributed by atoms with Crippen LogP contribution in [-0.4, -0.2) is 30.1 Å². The van der Waals surface area contributed by atoms with Crippen molar-refractivity contribution in [1.29, 1.82) is 0 Å². The molecule has 0 N–H and O–H groups in total. The number of anilines is 1. The van der Waals surface area contributed by atoms with Crippen molar-refractivity contribution in [2.45, 2.75) is 11.3 Å². The Morgan fingerprint density at radius 3 is 2.12 bits per heavy atom. The number of carbonyl (C=O) groups is 2. The van der Waals surface area contributed by atoms with Crippen molar-refractivity contribution in [2.75, 3.05) is 12.0 Å². The first kappa shape index (κ1) is 24.0. The quantitative estimate of drug-likeness (QED) is 0.146. The Morgan fingerprint density at radius 1 is 0.850 bits per heavy atom. The Labute approximate surface area is 229 Å². The third-order valence-corrected chi connectivity index (χ3v) is 8.50. The molecule has 8 rings (SSSR count). The summed E-state index contributed by atoms with van der Waals surface area (Å²) in [5, 5.41) is 11.9. The number of carbonyl (C=O) groups excluding carboxylic acids is 2. The number of amides is 2. The number of aliphatic imine (C=N–C) groups is 1. The molecule has 0 aromatic heterocycles. The number of benzene rings is 4. The predicted molar refractivity (Wildman–Crippen MR) is 149 cm³/mol. The number of methoxy groups -OCH3 is 1. The maximum absolute atomic E-state index is 14.5. The molecule has 2 bridgehead atoms. The number of nitro benzene ring substituents is 1. The van der Waals surface area contributed by atoms with Crippen molar-refractivity contribution in [2.24, 2.45) is 16.8 Å². The molecule has 4 aromatic rings. The molecule has 0 radical (unpaired) electrons. The SMILES string of the molecule is COc1ccccc1N=CC12c3ccccc3C(c3ccccc31)[C@@H]1C(=O)N(c3ccccc3[N+](=O)[O-])C(=O)[C@@H]12. The summed E-state index contributed by atoms with van der Waals surface area (Å²) in [7, 11) is 1.57. The highest BCUT2D eigenvalue weighted by atomic mass is 16.6. The van der Waals surface area contributed by atoms with Gasteiger partial charge in [0.2, 0.25) is 11.8 Å². The van der Waals surface area contributed by atoms with Gasteiger partial charge in [0.25, 0.3) is 5.69 Å². The van der Waals surface area contributed by atoms with Gasteiger partial charge in [0.1, 0.15) is 17.1 Å². The van der Waals surface area contributed by atoms with Crippen molar-refractivity contribution in [3.63, 3.8) is 0 Å². The van der Waals surface area contributed by atoms with E-state index in [-0.39, 0.29) is 17.3 Å². The van der Waals surface area contributed by atoms with Gasteiger partial charge in [-0.2, -0.15) is 0 Å². The number of ether oxygens (including phenoxy) is 1. The van der Waals surface area contributed by atoms with Crippen LogP contribution in [0.4, 0.5) is 17.1 Å². The number of para-hydroxylation sites is 4. The van der Waals surface area contributed by atoms with E-state index in [0.29, 0.717) is 11.4 Å². The first-order valence-electron chi connectivity index (χ1n) is 13.0. The third-order valence-electron chi connectivity index (χ3n) is 8.50. The van der Waals surface area contributed by atoms with Gasteiger partial charge in [0, 0.05) is 18.2 Å². The summed E-state index contributed by atoms with van der Waals surface area (Å²) in [6.45, 7) is 0. The third kappa shape index (κ3) is 3.04. The van der Waals surface area contributed by atoms with E-state index in [0.717, 1.165) is 27.2 Å². The summed E-state index contributed by atoms with van der Waals surface area (Å²) in [6, 6.07) is 29.0. The van der Waals surface area contributed by atoms with Crippen LogP contribution >= 0.6 is 0 Å². The molecular weight excluding hydrogens is 506 g/mol. The largest absolute Gasteiger partial charge is 0.494 e. The smallest absolute Gasteiger partial charge is 0.293 e. The van der Waals surface area contributed by atoms with Gasteiger partial charge in [-0.05, 0) is 40.5 Å². The Kier molecular flexibility index (Phi) is 5.22.